The first kappa shape index (κ1) is 25.2. The summed E-state index contributed by atoms with van der Waals surface area (Å²) in [6.45, 7) is 2.23. The molecule has 2 bridgehead atoms. The van der Waals surface area contributed by atoms with E-state index < -0.39 is 31.3 Å². The van der Waals surface area contributed by atoms with E-state index in [4.69, 9.17) is 25.9 Å². The predicted molar refractivity (Wildman–Crippen MR) is 63.4 cm³/mol. The van der Waals surface area contributed by atoms with E-state index in [-0.39, 0.29) is 9.41 Å². The molecule has 3 aliphatic rings. The van der Waals surface area contributed by atoms with Crippen LogP contribution in [0, 0.1) is 0 Å². The number of hydrogen-bond donors (Lipinski definition) is 0. The van der Waals surface area contributed by atoms with Crippen molar-refractivity contribution < 1.29 is 70.7 Å². The Hall–Kier alpha value is -0.820. The molecule has 0 unspecified atom stereocenters. The van der Waals surface area contributed by atoms with Crippen LogP contribution in [0.3, 0.4) is 0 Å². The van der Waals surface area contributed by atoms with Gasteiger partial charge in [0.1, 0.15) is 0 Å². The van der Waals surface area contributed by atoms with Crippen molar-refractivity contribution in [2.24, 2.45) is 0 Å². The van der Waals surface area contributed by atoms with Gasteiger partial charge in [-0.1, -0.05) is 0 Å². The van der Waals surface area contributed by atoms with E-state index in [0.717, 1.165) is 0 Å². The Kier molecular flexibility index (Phi) is 7.42. The summed E-state index contributed by atoms with van der Waals surface area (Å²) < 4.78 is 144. The molecule has 0 saturated carbocycles. The number of piperazine rings is 3. The van der Waals surface area contributed by atoms with Gasteiger partial charge in [-0.15, -0.1) is 9.41 Å². The number of halogens is 8. The third-order valence-corrected chi connectivity index (χ3v) is 4.41. The first-order valence-electron chi connectivity index (χ1n) is 6.28. The first-order valence-corrected chi connectivity index (χ1v) is 9.09. The summed E-state index contributed by atoms with van der Waals surface area (Å²) in [5.41, 5.74) is -11.3. The van der Waals surface area contributed by atoms with Crippen LogP contribution < -0.4 is 0 Å². The summed E-state index contributed by atoms with van der Waals surface area (Å²) in [6, 6.07) is 0. The number of rotatable bonds is 0. The molecule has 158 valence electrons. The topological polar surface area (TPSA) is 114 Å². The van der Waals surface area contributed by atoms with E-state index in [2.05, 4.69) is 0 Å². The van der Waals surface area contributed by atoms with Crippen molar-refractivity contribution in [3.05, 3.63) is 0 Å². The molecule has 3 heterocycles. The molecule has 0 N–H and O–H groups in total. The fourth-order valence-corrected chi connectivity index (χ4v) is 1.75. The molecule has 3 fully saturated rings. The van der Waals surface area contributed by atoms with Crippen molar-refractivity contribution in [3.63, 3.8) is 0 Å². The fourth-order valence-electron chi connectivity index (χ4n) is 1.75. The molecule has 3 rings (SSSR count). The van der Waals surface area contributed by atoms with Crippen LogP contribution >= 0.6 is 0 Å². The molecule has 26 heavy (non-hydrogen) atoms. The molecule has 0 atom stereocenters. The molecule has 0 amide bonds. The molecule has 0 aromatic carbocycles. The van der Waals surface area contributed by atoms with Gasteiger partial charge >= 0.3 is 11.0 Å². The van der Waals surface area contributed by atoms with Crippen LogP contribution in [0.2, 0.25) is 0 Å². The lowest BCUT2D eigenvalue weighted by atomic mass is 10.2. The van der Waals surface area contributed by atoms with Crippen LogP contribution in [0.25, 0.3) is 0 Å². The smallest absolute Gasteiger partial charge is 0.485 e. The van der Waals surface area contributed by atoms with Gasteiger partial charge in [0.25, 0.3) is 0 Å². The van der Waals surface area contributed by atoms with E-state index in [1.54, 1.807) is 0 Å². The third-order valence-electron chi connectivity index (χ3n) is 3.27. The predicted octanol–water partition coefficient (Wildman–Crippen LogP) is 0.519. The molecular formula is C8H12F8N2O6S2. The van der Waals surface area contributed by atoms with Gasteiger partial charge in [0.05, 0.1) is 0 Å². The van der Waals surface area contributed by atoms with Crippen molar-refractivity contribution >= 4 is 20.2 Å². The van der Waals surface area contributed by atoms with Gasteiger partial charge < -0.3 is 9.11 Å². The first-order chi connectivity index (χ1) is 11.1. The van der Waals surface area contributed by atoms with Crippen LogP contribution in [0.15, 0.2) is 0 Å². The molecule has 0 aromatic heterocycles. The second kappa shape index (κ2) is 7.66. The summed E-state index contributed by atoms with van der Waals surface area (Å²) in [4.78, 5) is 0. The summed E-state index contributed by atoms with van der Waals surface area (Å²) in [5.74, 6) is 0. The number of fused-ring (bicyclic) bond motifs is 3. The van der Waals surface area contributed by atoms with Crippen molar-refractivity contribution in [3.8, 4) is 0 Å². The zero-order chi connectivity index (χ0) is 21.2. The minimum Gasteiger partial charge on any atom is -0.741 e. The standard InChI is InChI=1S/C6H12F2N2.2CHF3O3S/c7-9-1-2-10(8,5-3-9)6-4-9;2*2-1(3,4)8(5,6)7/h1-6H2;2*(H,5,6,7)/q+2;;/p-2. The molecule has 3 aliphatic heterocycles. The Morgan fingerprint density at radius 1 is 0.577 bits per heavy atom. The summed E-state index contributed by atoms with van der Waals surface area (Å²) in [7, 11) is -12.2. The summed E-state index contributed by atoms with van der Waals surface area (Å²) >= 11 is 0. The van der Waals surface area contributed by atoms with E-state index in [9.17, 15) is 35.3 Å². The van der Waals surface area contributed by atoms with Gasteiger partial charge in [0.2, 0.25) is 0 Å². The minimum atomic E-state index is -6.09. The molecule has 0 aliphatic carbocycles. The average Bonchev–Trinajstić information content (AvgIpc) is 2.38. The summed E-state index contributed by atoms with van der Waals surface area (Å²) in [5, 5.41) is 0. The Bertz CT molecular complexity index is 604. The largest absolute Gasteiger partial charge is 0.741 e. The maximum absolute atomic E-state index is 13.3. The van der Waals surface area contributed by atoms with Gasteiger partial charge in [-0.05, 0) is 8.96 Å². The Balaban J connectivity index is 0.000000366. The van der Waals surface area contributed by atoms with E-state index >= 15 is 0 Å². The van der Waals surface area contributed by atoms with Crippen LogP contribution in [0.4, 0.5) is 35.3 Å². The van der Waals surface area contributed by atoms with Gasteiger partial charge in [0.15, 0.2) is 59.5 Å². The van der Waals surface area contributed by atoms with Crippen molar-refractivity contribution in [1.29, 1.82) is 0 Å². The fraction of sp³-hybridized carbons (Fsp3) is 1.00. The Morgan fingerprint density at radius 3 is 0.769 bits per heavy atom. The molecule has 0 radical (unpaired) electrons. The zero-order valence-corrected chi connectivity index (χ0v) is 14.1. The second-order valence-electron chi connectivity index (χ2n) is 5.20. The maximum Gasteiger partial charge on any atom is 0.485 e. The zero-order valence-electron chi connectivity index (χ0n) is 12.4. The maximum atomic E-state index is 13.3. The average molecular weight is 448 g/mol. The number of quaternary nitrogens is 2. The lowest BCUT2D eigenvalue weighted by Crippen LogP contribution is -2.68. The highest BCUT2D eigenvalue weighted by Crippen LogP contribution is 2.27. The lowest BCUT2D eigenvalue weighted by molar-refractivity contribution is -1.19. The van der Waals surface area contributed by atoms with E-state index in [0.29, 0.717) is 39.3 Å². The van der Waals surface area contributed by atoms with E-state index in [1.807, 2.05) is 0 Å². The highest BCUT2D eigenvalue weighted by Gasteiger charge is 2.52. The minimum absolute atomic E-state index is 0.372. The van der Waals surface area contributed by atoms with Gasteiger partial charge in [0, 0.05) is 0 Å². The normalized spacial score (nSPS) is 29.2. The number of nitrogens with zero attached hydrogens (tertiary/aromatic N) is 2. The molecule has 3 saturated heterocycles. The monoisotopic (exact) mass is 448 g/mol. The highest BCUT2D eigenvalue weighted by atomic mass is 32.2. The van der Waals surface area contributed by atoms with E-state index in [1.165, 1.54) is 0 Å². The molecule has 0 aromatic rings. The third kappa shape index (κ3) is 7.82. The van der Waals surface area contributed by atoms with Crippen LogP contribution in [0.5, 0.6) is 0 Å². The lowest BCUT2D eigenvalue weighted by Gasteiger charge is -2.42. The highest BCUT2D eigenvalue weighted by molar-refractivity contribution is 7.86. The quantitative estimate of drug-likeness (QED) is 0.231. The second-order valence-corrected chi connectivity index (χ2v) is 7.94. The van der Waals surface area contributed by atoms with Crippen molar-refractivity contribution in [2.75, 3.05) is 39.3 Å². The van der Waals surface area contributed by atoms with Gasteiger partial charge in [-0.2, -0.15) is 26.3 Å². The van der Waals surface area contributed by atoms with Crippen LogP contribution in [-0.4, -0.2) is 85.6 Å². The molecule has 18 heteroatoms. The van der Waals surface area contributed by atoms with Crippen molar-refractivity contribution in [2.45, 2.75) is 11.0 Å². The Morgan fingerprint density at radius 2 is 0.692 bits per heavy atom. The SMILES string of the molecule is F[N+]12CC[N+](F)(CC1)CC2.O=S(=O)([O-])C(F)(F)F.O=S(=O)([O-])C(F)(F)F. The summed E-state index contributed by atoms with van der Waals surface area (Å²) in [6.07, 6.45) is 0. The molecular weight excluding hydrogens is 436 g/mol. The molecule has 0 spiro atoms. The van der Waals surface area contributed by atoms with Crippen LogP contribution in [-0.2, 0) is 20.2 Å². The Labute approximate surface area is 142 Å². The van der Waals surface area contributed by atoms with Crippen LogP contribution in [0.1, 0.15) is 0 Å². The van der Waals surface area contributed by atoms with Crippen molar-refractivity contribution in [1.82, 2.24) is 0 Å². The van der Waals surface area contributed by atoms with Gasteiger partial charge in [-0.3, -0.25) is 0 Å². The number of alkyl halides is 6. The van der Waals surface area contributed by atoms with Gasteiger partial charge in [-0.25, -0.2) is 16.8 Å². The number of hydrogen-bond acceptors (Lipinski definition) is 6. The molecule has 8 nitrogen and oxygen atoms in total.